The molecular weight excluding hydrogens is 342 g/mol. The van der Waals surface area contributed by atoms with Gasteiger partial charge in [-0.25, -0.2) is 14.8 Å². The number of aromatic nitrogens is 4. The van der Waals surface area contributed by atoms with E-state index in [-0.39, 0.29) is 6.61 Å². The zero-order valence-corrected chi connectivity index (χ0v) is 14.4. The number of rotatable bonds is 6. The minimum Gasteiger partial charge on any atom is -0.403 e. The van der Waals surface area contributed by atoms with E-state index < -0.39 is 5.69 Å². The highest BCUT2D eigenvalue weighted by atomic mass is 16.7. The molecule has 134 valence electrons. The predicted molar refractivity (Wildman–Crippen MR) is 102 cm³/mol. The molecule has 0 unspecified atom stereocenters. The minimum absolute atomic E-state index is 0.234. The van der Waals surface area contributed by atoms with E-state index in [4.69, 9.17) is 4.84 Å². The van der Waals surface area contributed by atoms with Gasteiger partial charge in [-0.05, 0) is 11.1 Å². The van der Waals surface area contributed by atoms with Crippen LogP contribution in [-0.4, -0.2) is 19.7 Å². The monoisotopic (exact) mass is 359 g/mol. The van der Waals surface area contributed by atoms with Gasteiger partial charge in [-0.3, -0.25) is 0 Å². The van der Waals surface area contributed by atoms with Gasteiger partial charge in [-0.15, -0.1) is 4.73 Å². The predicted octanol–water partition coefficient (Wildman–Crippen LogP) is 2.43. The van der Waals surface area contributed by atoms with Crippen molar-refractivity contribution >= 4 is 16.9 Å². The molecule has 2 aromatic carbocycles. The molecule has 0 bridgehead atoms. The molecule has 2 heterocycles. The average molecular weight is 359 g/mol. The smallest absolute Gasteiger partial charge is 0.384 e. The number of hydrogen-bond donors (Lipinski definition) is 1. The maximum Gasteiger partial charge on any atom is 0.384 e. The topological polar surface area (TPSA) is 81.9 Å². The highest BCUT2D eigenvalue weighted by Crippen LogP contribution is 2.17. The normalized spacial score (nSPS) is 10.7. The fraction of sp³-hybridized carbons (Fsp3) is 0.100. The summed E-state index contributed by atoms with van der Waals surface area (Å²) in [7, 11) is 0. The fourth-order valence-corrected chi connectivity index (χ4v) is 2.69. The van der Waals surface area contributed by atoms with E-state index in [1.807, 2.05) is 60.7 Å². The van der Waals surface area contributed by atoms with Crippen LogP contribution in [0.4, 0.5) is 5.82 Å². The lowest BCUT2D eigenvalue weighted by atomic mass is 10.2. The SMILES string of the molecule is O=c1nc(NCc2ccccc2)c2cncnc2n1OCc1ccccc1. The van der Waals surface area contributed by atoms with Crippen LogP contribution in [-0.2, 0) is 13.2 Å². The van der Waals surface area contributed by atoms with Crippen molar-refractivity contribution in [3.63, 3.8) is 0 Å². The van der Waals surface area contributed by atoms with Crippen LogP contribution in [0.25, 0.3) is 11.0 Å². The van der Waals surface area contributed by atoms with Crippen molar-refractivity contribution in [3.05, 3.63) is 94.8 Å². The first kappa shape index (κ1) is 16.7. The molecular formula is C20H17N5O2. The molecule has 27 heavy (non-hydrogen) atoms. The van der Waals surface area contributed by atoms with Crippen LogP contribution in [0.2, 0.25) is 0 Å². The molecule has 7 heteroatoms. The lowest BCUT2D eigenvalue weighted by Gasteiger charge is -2.13. The Kier molecular flexibility index (Phi) is 4.74. The minimum atomic E-state index is -0.535. The average Bonchev–Trinajstić information content (AvgIpc) is 2.73. The van der Waals surface area contributed by atoms with E-state index in [1.54, 1.807) is 6.20 Å². The summed E-state index contributed by atoms with van der Waals surface area (Å²) in [6.07, 6.45) is 3.00. The highest BCUT2D eigenvalue weighted by molar-refractivity contribution is 5.85. The second-order valence-corrected chi connectivity index (χ2v) is 5.90. The van der Waals surface area contributed by atoms with Crippen LogP contribution < -0.4 is 15.8 Å². The highest BCUT2D eigenvalue weighted by Gasteiger charge is 2.13. The van der Waals surface area contributed by atoms with Crippen molar-refractivity contribution in [2.45, 2.75) is 13.2 Å². The summed E-state index contributed by atoms with van der Waals surface area (Å²) < 4.78 is 1.11. The number of nitrogens with zero attached hydrogens (tertiary/aromatic N) is 4. The maximum atomic E-state index is 12.5. The summed E-state index contributed by atoms with van der Waals surface area (Å²) in [6, 6.07) is 19.5. The summed E-state index contributed by atoms with van der Waals surface area (Å²) in [5, 5.41) is 3.80. The van der Waals surface area contributed by atoms with Gasteiger partial charge >= 0.3 is 5.69 Å². The summed E-state index contributed by atoms with van der Waals surface area (Å²) in [6.45, 7) is 0.768. The Hall–Kier alpha value is -3.74. The molecule has 4 aromatic rings. The van der Waals surface area contributed by atoms with Gasteiger partial charge in [0.25, 0.3) is 0 Å². The molecule has 7 nitrogen and oxygen atoms in total. The van der Waals surface area contributed by atoms with Crippen LogP contribution >= 0.6 is 0 Å². The molecule has 0 saturated heterocycles. The largest absolute Gasteiger partial charge is 0.403 e. The Labute approximate surface area is 155 Å². The van der Waals surface area contributed by atoms with E-state index in [9.17, 15) is 4.79 Å². The molecule has 0 amide bonds. The first-order valence-electron chi connectivity index (χ1n) is 8.49. The van der Waals surface area contributed by atoms with Gasteiger partial charge in [0.2, 0.25) is 0 Å². The third kappa shape index (κ3) is 3.77. The molecule has 0 aliphatic heterocycles. The summed E-state index contributed by atoms with van der Waals surface area (Å²) in [4.78, 5) is 30.6. The molecule has 0 atom stereocenters. The first-order chi connectivity index (χ1) is 13.3. The van der Waals surface area contributed by atoms with Crippen LogP contribution in [0.5, 0.6) is 0 Å². The van der Waals surface area contributed by atoms with E-state index in [2.05, 4.69) is 20.3 Å². The number of benzene rings is 2. The molecule has 0 aliphatic carbocycles. The third-order valence-electron chi connectivity index (χ3n) is 4.03. The zero-order valence-electron chi connectivity index (χ0n) is 14.4. The van der Waals surface area contributed by atoms with Crippen molar-refractivity contribution in [2.24, 2.45) is 0 Å². The fourth-order valence-electron chi connectivity index (χ4n) is 2.69. The van der Waals surface area contributed by atoms with Crippen molar-refractivity contribution in [1.82, 2.24) is 19.7 Å². The van der Waals surface area contributed by atoms with E-state index >= 15 is 0 Å². The Morgan fingerprint density at radius 1 is 0.963 bits per heavy atom. The number of nitrogens with one attached hydrogen (secondary N) is 1. The molecule has 4 rings (SSSR count). The van der Waals surface area contributed by atoms with Crippen molar-refractivity contribution in [1.29, 1.82) is 0 Å². The second kappa shape index (κ2) is 7.65. The van der Waals surface area contributed by atoms with Gasteiger partial charge < -0.3 is 10.2 Å². The van der Waals surface area contributed by atoms with Gasteiger partial charge in [-0.1, -0.05) is 60.7 Å². The summed E-state index contributed by atoms with van der Waals surface area (Å²) >= 11 is 0. The summed E-state index contributed by atoms with van der Waals surface area (Å²) in [5.74, 6) is 0.430. The van der Waals surface area contributed by atoms with E-state index in [1.165, 1.54) is 6.33 Å². The molecule has 1 N–H and O–H groups in total. The zero-order chi connectivity index (χ0) is 18.5. The van der Waals surface area contributed by atoms with E-state index in [0.717, 1.165) is 15.9 Å². The molecule has 0 aliphatic rings. The number of hydrogen-bond acceptors (Lipinski definition) is 6. The molecule has 0 fully saturated rings. The van der Waals surface area contributed by atoms with Gasteiger partial charge in [0.15, 0.2) is 5.65 Å². The van der Waals surface area contributed by atoms with Gasteiger partial charge in [-0.2, -0.15) is 4.98 Å². The third-order valence-corrected chi connectivity index (χ3v) is 4.03. The van der Waals surface area contributed by atoms with Gasteiger partial charge in [0.1, 0.15) is 18.8 Å². The van der Waals surface area contributed by atoms with E-state index in [0.29, 0.717) is 23.4 Å². The number of anilines is 1. The second-order valence-electron chi connectivity index (χ2n) is 5.90. The first-order valence-corrected chi connectivity index (χ1v) is 8.49. The van der Waals surface area contributed by atoms with Crippen LogP contribution in [0.3, 0.4) is 0 Å². The molecule has 0 radical (unpaired) electrons. The quantitative estimate of drug-likeness (QED) is 0.569. The summed E-state index contributed by atoms with van der Waals surface area (Å²) in [5.41, 5.74) is 1.86. The van der Waals surface area contributed by atoms with Crippen LogP contribution in [0.1, 0.15) is 11.1 Å². The van der Waals surface area contributed by atoms with Gasteiger partial charge in [0, 0.05) is 12.7 Å². The van der Waals surface area contributed by atoms with Crippen LogP contribution in [0.15, 0.2) is 78.0 Å². The lowest BCUT2D eigenvalue weighted by Crippen LogP contribution is -2.30. The number of fused-ring (bicyclic) bond motifs is 1. The Morgan fingerprint density at radius 2 is 1.67 bits per heavy atom. The van der Waals surface area contributed by atoms with Gasteiger partial charge in [0.05, 0.1) is 5.39 Å². The van der Waals surface area contributed by atoms with Crippen molar-refractivity contribution in [3.8, 4) is 0 Å². The Bertz CT molecular complexity index is 1100. The maximum absolute atomic E-state index is 12.5. The lowest BCUT2D eigenvalue weighted by molar-refractivity contribution is 0.0950. The standard InChI is InChI=1S/C20H17N5O2/c26-20-24-18(22-11-15-7-3-1-4-8-15)17-12-21-14-23-19(17)25(20)27-13-16-9-5-2-6-10-16/h1-10,12,14H,11,13H2,(H,22,24,26). The van der Waals surface area contributed by atoms with Crippen molar-refractivity contribution < 1.29 is 4.84 Å². The Balaban J connectivity index is 1.64. The van der Waals surface area contributed by atoms with Crippen molar-refractivity contribution in [2.75, 3.05) is 5.32 Å². The Morgan fingerprint density at radius 3 is 2.41 bits per heavy atom. The molecule has 0 saturated carbocycles. The van der Waals surface area contributed by atoms with Crippen LogP contribution in [0, 0.1) is 0 Å². The molecule has 0 spiro atoms. The molecule has 2 aromatic heterocycles.